The lowest BCUT2D eigenvalue weighted by Gasteiger charge is -2.22. The largest absolute Gasteiger partial charge is 0.356 e. The molecule has 0 bridgehead atoms. The number of carbonyl (C=O) groups is 2. The van der Waals surface area contributed by atoms with Crippen LogP contribution < -0.4 is 5.32 Å². The maximum Gasteiger partial charge on any atom is 0.274 e. The Morgan fingerprint density at radius 1 is 1.04 bits per heavy atom. The summed E-state index contributed by atoms with van der Waals surface area (Å²) in [6, 6.07) is 10.0. The van der Waals surface area contributed by atoms with Crippen LogP contribution in [0.5, 0.6) is 0 Å². The van der Waals surface area contributed by atoms with E-state index in [2.05, 4.69) is 22.2 Å². The van der Waals surface area contributed by atoms with Gasteiger partial charge in [0.15, 0.2) is 0 Å². The number of rotatable bonds is 12. The van der Waals surface area contributed by atoms with E-state index >= 15 is 0 Å². The zero-order valence-electron chi connectivity index (χ0n) is 16.6. The number of nitrogens with one attached hydrogen (secondary N) is 1. The third-order valence-electron chi connectivity index (χ3n) is 4.54. The Morgan fingerprint density at radius 3 is 2.57 bits per heavy atom. The van der Waals surface area contributed by atoms with Gasteiger partial charge in [0.05, 0.1) is 6.20 Å². The van der Waals surface area contributed by atoms with E-state index in [0.717, 1.165) is 24.8 Å². The van der Waals surface area contributed by atoms with Crippen LogP contribution in [0.2, 0.25) is 0 Å². The highest BCUT2D eigenvalue weighted by atomic mass is 16.2. The zero-order valence-corrected chi connectivity index (χ0v) is 16.6. The van der Waals surface area contributed by atoms with E-state index in [1.807, 2.05) is 30.3 Å². The fraction of sp³-hybridized carbons (Fsp3) is 0.455. The van der Waals surface area contributed by atoms with Crippen LogP contribution in [0.1, 0.15) is 55.1 Å². The lowest BCUT2D eigenvalue weighted by Crippen LogP contribution is -2.37. The van der Waals surface area contributed by atoms with Crippen molar-refractivity contribution in [1.29, 1.82) is 0 Å². The summed E-state index contributed by atoms with van der Waals surface area (Å²) >= 11 is 0. The number of carbonyl (C=O) groups excluding carboxylic acids is 2. The molecule has 1 aromatic carbocycles. The predicted octanol–water partition coefficient (Wildman–Crippen LogP) is 3.25. The molecule has 0 unspecified atom stereocenters. The van der Waals surface area contributed by atoms with E-state index in [-0.39, 0.29) is 18.2 Å². The highest BCUT2D eigenvalue weighted by molar-refractivity contribution is 5.92. The zero-order chi connectivity index (χ0) is 20.0. The van der Waals surface area contributed by atoms with Crippen molar-refractivity contribution >= 4 is 11.8 Å². The van der Waals surface area contributed by atoms with Gasteiger partial charge >= 0.3 is 0 Å². The molecule has 2 aromatic rings. The van der Waals surface area contributed by atoms with E-state index in [9.17, 15) is 9.59 Å². The van der Waals surface area contributed by atoms with Crippen LogP contribution in [0.25, 0.3) is 0 Å². The number of amides is 2. The van der Waals surface area contributed by atoms with Gasteiger partial charge in [0.1, 0.15) is 5.69 Å². The summed E-state index contributed by atoms with van der Waals surface area (Å²) in [5, 5.41) is 2.94. The lowest BCUT2D eigenvalue weighted by atomic mass is 10.1. The number of benzene rings is 1. The Morgan fingerprint density at radius 2 is 1.86 bits per heavy atom. The first-order valence-corrected chi connectivity index (χ1v) is 10.1. The number of nitrogens with zero attached hydrogens (tertiary/aromatic N) is 3. The van der Waals surface area contributed by atoms with E-state index in [1.165, 1.54) is 31.4 Å². The average Bonchev–Trinajstić information content (AvgIpc) is 2.74. The molecule has 0 aliphatic heterocycles. The molecule has 6 nitrogen and oxygen atoms in total. The molecule has 0 fully saturated rings. The standard InChI is InChI=1S/C22H30N4O2/c1-2-3-4-8-13-25-21(27)12-17-26(16-11-19-9-6-5-7-10-19)22(28)20-18-23-14-15-24-20/h5-7,9-10,14-15,18H,2-4,8,11-13,16-17H2,1H3,(H,25,27). The molecule has 1 aromatic heterocycles. The van der Waals surface area contributed by atoms with E-state index in [1.54, 1.807) is 4.90 Å². The summed E-state index contributed by atoms with van der Waals surface area (Å²) in [6.45, 7) is 3.75. The van der Waals surface area contributed by atoms with Gasteiger partial charge in [0.2, 0.25) is 5.91 Å². The molecule has 0 saturated carbocycles. The Kier molecular flexibility index (Phi) is 9.69. The Balaban J connectivity index is 1.88. The molecular formula is C22H30N4O2. The molecule has 0 aliphatic rings. The maximum absolute atomic E-state index is 12.8. The molecule has 0 saturated heterocycles. The third-order valence-corrected chi connectivity index (χ3v) is 4.54. The average molecular weight is 383 g/mol. The second kappa shape index (κ2) is 12.6. The Bertz CT molecular complexity index is 707. The Hall–Kier alpha value is -2.76. The van der Waals surface area contributed by atoms with Crippen LogP contribution in [0.15, 0.2) is 48.9 Å². The van der Waals surface area contributed by atoms with E-state index in [0.29, 0.717) is 25.3 Å². The summed E-state index contributed by atoms with van der Waals surface area (Å²) in [6.07, 6.45) is 10.0. The van der Waals surface area contributed by atoms with Gasteiger partial charge in [0.25, 0.3) is 5.91 Å². The lowest BCUT2D eigenvalue weighted by molar-refractivity contribution is -0.121. The molecule has 2 rings (SSSR count). The topological polar surface area (TPSA) is 75.2 Å². The van der Waals surface area contributed by atoms with Gasteiger partial charge in [-0.25, -0.2) is 4.98 Å². The first-order chi connectivity index (χ1) is 13.7. The number of aromatic nitrogens is 2. The van der Waals surface area contributed by atoms with Gasteiger partial charge in [0, 0.05) is 38.4 Å². The van der Waals surface area contributed by atoms with Gasteiger partial charge in [-0.1, -0.05) is 56.5 Å². The molecule has 6 heteroatoms. The molecule has 0 radical (unpaired) electrons. The molecule has 1 heterocycles. The third kappa shape index (κ3) is 7.86. The van der Waals surface area contributed by atoms with Crippen molar-refractivity contribution in [1.82, 2.24) is 20.2 Å². The summed E-state index contributed by atoms with van der Waals surface area (Å²) in [5.74, 6) is -0.215. The van der Waals surface area contributed by atoms with Gasteiger partial charge in [-0.3, -0.25) is 14.6 Å². The van der Waals surface area contributed by atoms with Crippen molar-refractivity contribution in [2.45, 2.75) is 45.4 Å². The minimum atomic E-state index is -0.195. The van der Waals surface area contributed by atoms with E-state index in [4.69, 9.17) is 0 Å². The number of unbranched alkanes of at least 4 members (excludes halogenated alkanes) is 3. The highest BCUT2D eigenvalue weighted by Crippen LogP contribution is 2.06. The smallest absolute Gasteiger partial charge is 0.274 e. The minimum Gasteiger partial charge on any atom is -0.356 e. The summed E-state index contributed by atoms with van der Waals surface area (Å²) in [7, 11) is 0. The van der Waals surface area contributed by atoms with Crippen LogP contribution in [-0.4, -0.2) is 46.3 Å². The maximum atomic E-state index is 12.8. The van der Waals surface area contributed by atoms with Gasteiger partial charge in [-0.2, -0.15) is 0 Å². The second-order valence-electron chi connectivity index (χ2n) is 6.78. The fourth-order valence-corrected chi connectivity index (χ4v) is 2.90. The number of hydrogen-bond donors (Lipinski definition) is 1. The van der Waals surface area contributed by atoms with Crippen molar-refractivity contribution < 1.29 is 9.59 Å². The van der Waals surface area contributed by atoms with Crippen LogP contribution in [0.4, 0.5) is 0 Å². The van der Waals surface area contributed by atoms with Crippen molar-refractivity contribution in [2.75, 3.05) is 19.6 Å². The molecule has 1 N–H and O–H groups in total. The summed E-state index contributed by atoms with van der Waals surface area (Å²) in [5.41, 5.74) is 1.45. The van der Waals surface area contributed by atoms with Crippen LogP contribution in [-0.2, 0) is 11.2 Å². The van der Waals surface area contributed by atoms with Gasteiger partial charge in [-0.05, 0) is 18.4 Å². The SMILES string of the molecule is CCCCCCNC(=O)CCN(CCc1ccccc1)C(=O)c1cnccn1. The molecule has 0 spiro atoms. The highest BCUT2D eigenvalue weighted by Gasteiger charge is 2.18. The monoisotopic (exact) mass is 382 g/mol. The van der Waals surface area contributed by atoms with Crippen molar-refractivity contribution in [3.05, 3.63) is 60.2 Å². The second-order valence-corrected chi connectivity index (χ2v) is 6.78. The fourth-order valence-electron chi connectivity index (χ4n) is 2.90. The molecule has 0 atom stereocenters. The Labute approximate surface area is 167 Å². The predicted molar refractivity (Wildman–Crippen MR) is 110 cm³/mol. The molecular weight excluding hydrogens is 352 g/mol. The quantitative estimate of drug-likeness (QED) is 0.572. The van der Waals surface area contributed by atoms with Crippen LogP contribution in [0.3, 0.4) is 0 Å². The first kappa shape index (κ1) is 21.5. The van der Waals surface area contributed by atoms with Crippen LogP contribution in [0, 0.1) is 0 Å². The van der Waals surface area contributed by atoms with Crippen molar-refractivity contribution in [3.8, 4) is 0 Å². The summed E-state index contributed by atoms with van der Waals surface area (Å²) < 4.78 is 0. The first-order valence-electron chi connectivity index (χ1n) is 10.1. The molecule has 28 heavy (non-hydrogen) atoms. The molecule has 0 aliphatic carbocycles. The molecule has 2 amide bonds. The van der Waals surface area contributed by atoms with Gasteiger partial charge < -0.3 is 10.2 Å². The summed E-state index contributed by atoms with van der Waals surface area (Å²) in [4.78, 5) is 34.7. The van der Waals surface area contributed by atoms with E-state index < -0.39 is 0 Å². The normalized spacial score (nSPS) is 10.5. The van der Waals surface area contributed by atoms with Gasteiger partial charge in [-0.15, -0.1) is 0 Å². The minimum absolute atomic E-state index is 0.0202. The van der Waals surface area contributed by atoms with Crippen molar-refractivity contribution in [3.63, 3.8) is 0 Å². The molecule has 150 valence electrons. The number of hydrogen-bond acceptors (Lipinski definition) is 4. The van der Waals surface area contributed by atoms with Crippen LogP contribution >= 0.6 is 0 Å². The van der Waals surface area contributed by atoms with Crippen molar-refractivity contribution in [2.24, 2.45) is 0 Å².